The first kappa shape index (κ1) is 15.9. The van der Waals surface area contributed by atoms with Gasteiger partial charge in [0.05, 0.1) is 12.2 Å². The molecule has 5 nitrogen and oxygen atoms in total. The largest absolute Gasteiger partial charge is 0.463 e. The minimum Gasteiger partial charge on any atom is -0.463 e. The number of ketones is 1. The molecule has 0 bridgehead atoms. The van der Waals surface area contributed by atoms with Gasteiger partial charge in [-0.1, -0.05) is 6.07 Å². The fourth-order valence-corrected chi connectivity index (χ4v) is 2.82. The van der Waals surface area contributed by atoms with E-state index in [1.165, 1.54) is 6.92 Å². The van der Waals surface area contributed by atoms with Crippen molar-refractivity contribution in [2.75, 3.05) is 6.61 Å². The van der Waals surface area contributed by atoms with Crippen LogP contribution in [-0.4, -0.2) is 23.3 Å². The van der Waals surface area contributed by atoms with Gasteiger partial charge in [-0.2, -0.15) is 0 Å². The number of Topliss-reactive ketones (excluding diaryl/α,β-unsaturated/α-hetero) is 1. The minimum atomic E-state index is -0.452. The average Bonchev–Trinajstić information content (AvgIpc) is 2.47. The van der Waals surface area contributed by atoms with Gasteiger partial charge in [0.25, 0.3) is 0 Å². The smallest absolute Gasteiger partial charge is 0.336 e. The fourth-order valence-electron chi connectivity index (χ4n) is 2.82. The Hall–Kier alpha value is -2.43. The van der Waals surface area contributed by atoms with E-state index in [0.717, 1.165) is 11.3 Å². The second kappa shape index (κ2) is 6.56. The summed E-state index contributed by atoms with van der Waals surface area (Å²) in [5.41, 5.74) is 3.30. The summed E-state index contributed by atoms with van der Waals surface area (Å²) in [6, 6.07) is 3.66. The predicted octanol–water partition coefficient (Wildman–Crippen LogP) is 2.47. The Morgan fingerprint density at radius 3 is 2.50 bits per heavy atom. The molecular formula is C17H20N2O3. The normalized spacial score (nSPS) is 18.1. The van der Waals surface area contributed by atoms with Crippen molar-refractivity contribution in [2.24, 2.45) is 0 Å². The van der Waals surface area contributed by atoms with Gasteiger partial charge in [0, 0.05) is 35.3 Å². The number of dihydropyridines is 1. The van der Waals surface area contributed by atoms with Crippen LogP contribution in [0.4, 0.5) is 0 Å². The number of rotatable bonds is 4. The molecule has 0 spiro atoms. The van der Waals surface area contributed by atoms with Gasteiger partial charge in [0.2, 0.25) is 0 Å². The second-order valence-electron chi connectivity index (χ2n) is 5.20. The highest BCUT2D eigenvalue weighted by Gasteiger charge is 2.35. The van der Waals surface area contributed by atoms with Crippen molar-refractivity contribution in [1.82, 2.24) is 10.3 Å². The van der Waals surface area contributed by atoms with E-state index in [9.17, 15) is 9.59 Å². The maximum atomic E-state index is 12.4. The summed E-state index contributed by atoms with van der Waals surface area (Å²) in [5, 5.41) is 3.12. The predicted molar refractivity (Wildman–Crippen MR) is 82.8 cm³/mol. The number of carbonyl (C=O) groups is 2. The molecule has 2 rings (SSSR count). The van der Waals surface area contributed by atoms with E-state index in [4.69, 9.17) is 4.74 Å². The molecule has 0 aliphatic carbocycles. The Kier molecular flexibility index (Phi) is 4.75. The molecule has 116 valence electrons. The Bertz CT molecular complexity index is 660. The standard InChI is InChI=1S/C17H20N2O3/c1-5-22-17(21)15-11(3)19-10(2)14(12(4)20)16(15)13-7-6-8-18-9-13/h6-9,16,19H,5H2,1-4H3. The van der Waals surface area contributed by atoms with Gasteiger partial charge < -0.3 is 10.1 Å². The molecule has 1 aromatic rings. The number of hydrogen-bond acceptors (Lipinski definition) is 5. The van der Waals surface area contributed by atoms with Crippen molar-refractivity contribution in [3.05, 3.63) is 52.6 Å². The molecule has 1 unspecified atom stereocenters. The third-order valence-electron chi connectivity index (χ3n) is 3.65. The number of carbonyl (C=O) groups excluding carboxylic acids is 2. The Balaban J connectivity index is 2.62. The van der Waals surface area contributed by atoms with E-state index < -0.39 is 11.9 Å². The lowest BCUT2D eigenvalue weighted by Gasteiger charge is -2.30. The maximum Gasteiger partial charge on any atom is 0.336 e. The van der Waals surface area contributed by atoms with E-state index in [1.807, 2.05) is 19.9 Å². The first-order valence-electron chi connectivity index (χ1n) is 7.23. The molecule has 0 radical (unpaired) electrons. The lowest BCUT2D eigenvalue weighted by atomic mass is 9.79. The van der Waals surface area contributed by atoms with Crippen LogP contribution in [0.15, 0.2) is 47.1 Å². The lowest BCUT2D eigenvalue weighted by molar-refractivity contribution is -0.138. The SMILES string of the molecule is CCOC(=O)C1=C(C)NC(C)=C(C(C)=O)C1c1cccnc1. The quantitative estimate of drug-likeness (QED) is 0.865. The zero-order valence-electron chi connectivity index (χ0n) is 13.3. The van der Waals surface area contributed by atoms with Crippen molar-refractivity contribution in [1.29, 1.82) is 0 Å². The van der Waals surface area contributed by atoms with E-state index in [1.54, 1.807) is 25.4 Å². The van der Waals surface area contributed by atoms with Gasteiger partial charge in [-0.05, 0) is 39.3 Å². The van der Waals surface area contributed by atoms with Crippen molar-refractivity contribution in [3.63, 3.8) is 0 Å². The van der Waals surface area contributed by atoms with Crippen LogP contribution in [0.25, 0.3) is 0 Å². The second-order valence-corrected chi connectivity index (χ2v) is 5.20. The summed E-state index contributed by atoms with van der Waals surface area (Å²) in [7, 11) is 0. The number of esters is 1. The molecule has 1 aliphatic heterocycles. The molecule has 2 heterocycles. The van der Waals surface area contributed by atoms with Crippen LogP contribution >= 0.6 is 0 Å². The van der Waals surface area contributed by atoms with Crippen LogP contribution < -0.4 is 5.32 Å². The molecule has 1 aromatic heterocycles. The minimum absolute atomic E-state index is 0.0758. The topological polar surface area (TPSA) is 68.3 Å². The van der Waals surface area contributed by atoms with Gasteiger partial charge in [0.1, 0.15) is 0 Å². The first-order valence-corrected chi connectivity index (χ1v) is 7.23. The number of allylic oxidation sites excluding steroid dienone is 3. The molecule has 0 fully saturated rings. The van der Waals surface area contributed by atoms with Crippen molar-refractivity contribution in [3.8, 4) is 0 Å². The molecule has 22 heavy (non-hydrogen) atoms. The molecular weight excluding hydrogens is 280 g/mol. The number of ether oxygens (including phenoxy) is 1. The van der Waals surface area contributed by atoms with Gasteiger partial charge in [0.15, 0.2) is 5.78 Å². The van der Waals surface area contributed by atoms with Gasteiger partial charge in [-0.3, -0.25) is 9.78 Å². The summed E-state index contributed by atoms with van der Waals surface area (Å²) in [6.45, 7) is 7.21. The summed E-state index contributed by atoms with van der Waals surface area (Å²) < 4.78 is 5.18. The molecule has 1 N–H and O–H groups in total. The van der Waals surface area contributed by atoms with Gasteiger partial charge in [-0.15, -0.1) is 0 Å². The summed E-state index contributed by atoms with van der Waals surface area (Å²) in [5.74, 6) is -0.938. The third-order valence-corrected chi connectivity index (χ3v) is 3.65. The zero-order valence-corrected chi connectivity index (χ0v) is 13.3. The molecule has 1 aliphatic rings. The summed E-state index contributed by atoms with van der Waals surface area (Å²) in [6.07, 6.45) is 3.34. The average molecular weight is 300 g/mol. The summed E-state index contributed by atoms with van der Waals surface area (Å²) in [4.78, 5) is 28.6. The highest BCUT2D eigenvalue weighted by atomic mass is 16.5. The van der Waals surface area contributed by atoms with Crippen LogP contribution in [0.2, 0.25) is 0 Å². The highest BCUT2D eigenvalue weighted by molar-refractivity contribution is 6.02. The number of pyridine rings is 1. The molecule has 1 atom stereocenters. The molecule has 0 saturated heterocycles. The zero-order chi connectivity index (χ0) is 16.3. The summed E-state index contributed by atoms with van der Waals surface area (Å²) >= 11 is 0. The Morgan fingerprint density at radius 2 is 1.95 bits per heavy atom. The van der Waals surface area contributed by atoms with Crippen LogP contribution in [0.3, 0.4) is 0 Å². The van der Waals surface area contributed by atoms with Crippen LogP contribution in [0.5, 0.6) is 0 Å². The van der Waals surface area contributed by atoms with Gasteiger partial charge in [-0.25, -0.2) is 4.79 Å². The highest BCUT2D eigenvalue weighted by Crippen LogP contribution is 2.38. The number of hydrogen-bond donors (Lipinski definition) is 1. The van der Waals surface area contributed by atoms with E-state index in [2.05, 4.69) is 10.3 Å². The maximum absolute atomic E-state index is 12.4. The van der Waals surface area contributed by atoms with E-state index in [-0.39, 0.29) is 12.4 Å². The first-order chi connectivity index (χ1) is 10.5. The van der Waals surface area contributed by atoms with Crippen molar-refractivity contribution in [2.45, 2.75) is 33.6 Å². The molecule has 0 saturated carbocycles. The van der Waals surface area contributed by atoms with Crippen LogP contribution in [0, 0.1) is 0 Å². The van der Waals surface area contributed by atoms with Crippen molar-refractivity contribution < 1.29 is 14.3 Å². The third kappa shape index (κ3) is 2.93. The Labute approximate surface area is 130 Å². The van der Waals surface area contributed by atoms with E-state index >= 15 is 0 Å². The van der Waals surface area contributed by atoms with Crippen LogP contribution in [-0.2, 0) is 14.3 Å². The van der Waals surface area contributed by atoms with Crippen LogP contribution in [0.1, 0.15) is 39.2 Å². The molecule has 0 amide bonds. The van der Waals surface area contributed by atoms with Crippen molar-refractivity contribution >= 4 is 11.8 Å². The molecule has 0 aromatic carbocycles. The fraction of sp³-hybridized carbons (Fsp3) is 0.353. The van der Waals surface area contributed by atoms with Gasteiger partial charge >= 0.3 is 5.97 Å². The lowest BCUT2D eigenvalue weighted by Crippen LogP contribution is -2.31. The Morgan fingerprint density at radius 1 is 1.27 bits per heavy atom. The number of aromatic nitrogens is 1. The number of nitrogens with zero attached hydrogens (tertiary/aromatic N) is 1. The van der Waals surface area contributed by atoms with E-state index in [0.29, 0.717) is 16.8 Å². The number of nitrogens with one attached hydrogen (secondary N) is 1. The monoisotopic (exact) mass is 300 g/mol. The molecule has 5 heteroatoms.